The number of nitrogens with zero attached hydrogens (tertiary/aromatic N) is 2. The summed E-state index contributed by atoms with van der Waals surface area (Å²) in [5.74, 6) is 1.89. The second-order valence-electron chi connectivity index (χ2n) is 6.72. The minimum Gasteiger partial charge on any atom is -0.237 e. The summed E-state index contributed by atoms with van der Waals surface area (Å²) >= 11 is 1.81. The van der Waals surface area contributed by atoms with Crippen molar-refractivity contribution in [3.63, 3.8) is 0 Å². The summed E-state index contributed by atoms with van der Waals surface area (Å²) in [6.07, 6.45) is 3.83. The first-order valence-electron chi connectivity index (χ1n) is 6.30. The van der Waals surface area contributed by atoms with Crippen LogP contribution in [0.5, 0.6) is 0 Å². The molecule has 0 fully saturated rings. The van der Waals surface area contributed by atoms with Gasteiger partial charge >= 0.3 is 0 Å². The van der Waals surface area contributed by atoms with Gasteiger partial charge in [0.25, 0.3) is 0 Å². The van der Waals surface area contributed by atoms with Crippen molar-refractivity contribution in [2.24, 2.45) is 5.41 Å². The van der Waals surface area contributed by atoms with Gasteiger partial charge in [-0.25, -0.2) is 9.97 Å². The Morgan fingerprint density at radius 2 is 1.83 bits per heavy atom. The lowest BCUT2D eigenvalue weighted by molar-refractivity contribution is 0.481. The van der Waals surface area contributed by atoms with Gasteiger partial charge in [0, 0.05) is 23.1 Å². The molecule has 0 unspecified atom stereocenters. The Bertz CT molecular complexity index is 411. The van der Waals surface area contributed by atoms with Crippen LogP contribution in [0.25, 0.3) is 6.08 Å². The molecule has 1 heterocycles. The predicted octanol–water partition coefficient (Wildman–Crippen LogP) is 4.52. The van der Waals surface area contributed by atoms with Gasteiger partial charge in [0.1, 0.15) is 0 Å². The number of hydrogen-bond acceptors (Lipinski definition) is 3. The van der Waals surface area contributed by atoms with Crippen LogP contribution >= 0.6 is 11.8 Å². The van der Waals surface area contributed by atoms with Crippen molar-refractivity contribution in [3.05, 3.63) is 29.2 Å². The molecule has 0 atom stereocenters. The van der Waals surface area contributed by atoms with E-state index in [9.17, 15) is 0 Å². The minimum atomic E-state index is 0.0735. The molecule has 100 valence electrons. The third kappa shape index (κ3) is 5.67. The highest BCUT2D eigenvalue weighted by Crippen LogP contribution is 2.22. The fourth-order valence-corrected chi connectivity index (χ4v) is 2.09. The van der Waals surface area contributed by atoms with E-state index in [0.29, 0.717) is 5.41 Å². The van der Waals surface area contributed by atoms with E-state index in [2.05, 4.69) is 56.9 Å². The first kappa shape index (κ1) is 15.2. The van der Waals surface area contributed by atoms with E-state index in [1.54, 1.807) is 0 Å². The largest absolute Gasteiger partial charge is 0.237 e. The van der Waals surface area contributed by atoms with Crippen molar-refractivity contribution in [1.29, 1.82) is 0 Å². The lowest BCUT2D eigenvalue weighted by atomic mass is 9.92. The maximum Gasteiger partial charge on any atom is 0.152 e. The average Bonchev–Trinajstić information content (AvgIpc) is 2.22. The normalized spacial score (nSPS) is 13.2. The molecule has 1 aromatic heterocycles. The zero-order chi connectivity index (χ0) is 13.8. The van der Waals surface area contributed by atoms with E-state index in [1.165, 1.54) is 0 Å². The van der Waals surface area contributed by atoms with E-state index in [4.69, 9.17) is 0 Å². The number of thioether (sulfide) groups is 1. The van der Waals surface area contributed by atoms with E-state index in [-0.39, 0.29) is 5.41 Å². The SMILES string of the molecule is CC(C)(C)CS/C=C/c1nccc(C(C)(C)C)n1. The van der Waals surface area contributed by atoms with Crippen molar-refractivity contribution in [2.75, 3.05) is 5.75 Å². The Balaban J connectivity index is 2.66. The molecule has 0 aromatic carbocycles. The molecule has 0 bridgehead atoms. The van der Waals surface area contributed by atoms with Gasteiger partial charge in [0.2, 0.25) is 0 Å². The molecule has 3 heteroatoms. The highest BCUT2D eigenvalue weighted by Gasteiger charge is 2.15. The van der Waals surface area contributed by atoms with Crippen molar-refractivity contribution >= 4 is 17.8 Å². The van der Waals surface area contributed by atoms with Crippen LogP contribution in [-0.4, -0.2) is 15.7 Å². The summed E-state index contributed by atoms with van der Waals surface area (Å²) in [5, 5.41) is 2.09. The van der Waals surface area contributed by atoms with E-state index < -0.39 is 0 Å². The van der Waals surface area contributed by atoms with E-state index >= 15 is 0 Å². The lowest BCUT2D eigenvalue weighted by Crippen LogP contribution is -2.14. The Morgan fingerprint density at radius 1 is 1.17 bits per heavy atom. The van der Waals surface area contributed by atoms with E-state index in [1.807, 2.05) is 30.1 Å². The van der Waals surface area contributed by atoms with Crippen LogP contribution in [-0.2, 0) is 5.41 Å². The highest BCUT2D eigenvalue weighted by atomic mass is 32.2. The second kappa shape index (κ2) is 5.87. The first-order valence-corrected chi connectivity index (χ1v) is 7.35. The third-order valence-electron chi connectivity index (χ3n) is 2.27. The van der Waals surface area contributed by atoms with Gasteiger partial charge in [-0.2, -0.15) is 0 Å². The van der Waals surface area contributed by atoms with Gasteiger partial charge in [-0.3, -0.25) is 0 Å². The summed E-state index contributed by atoms with van der Waals surface area (Å²) in [7, 11) is 0. The Kier molecular flexibility index (Phi) is 4.97. The number of aromatic nitrogens is 2. The molecule has 0 amide bonds. The van der Waals surface area contributed by atoms with Gasteiger partial charge in [-0.15, -0.1) is 11.8 Å². The van der Waals surface area contributed by atoms with Crippen molar-refractivity contribution in [2.45, 2.75) is 47.0 Å². The van der Waals surface area contributed by atoms with Gasteiger partial charge in [-0.05, 0) is 23.0 Å². The minimum absolute atomic E-state index is 0.0735. The van der Waals surface area contributed by atoms with E-state index in [0.717, 1.165) is 17.3 Å². The molecule has 0 aliphatic carbocycles. The van der Waals surface area contributed by atoms with Crippen LogP contribution < -0.4 is 0 Å². The zero-order valence-corrected chi connectivity index (χ0v) is 13.1. The third-order valence-corrected chi connectivity index (χ3v) is 3.63. The molecule has 2 nitrogen and oxygen atoms in total. The van der Waals surface area contributed by atoms with Gasteiger partial charge in [-0.1, -0.05) is 41.5 Å². The molecule has 0 saturated heterocycles. The highest BCUT2D eigenvalue weighted by molar-refractivity contribution is 8.02. The quantitative estimate of drug-likeness (QED) is 0.802. The van der Waals surface area contributed by atoms with Gasteiger partial charge < -0.3 is 0 Å². The molecule has 0 aliphatic rings. The summed E-state index contributed by atoms with van der Waals surface area (Å²) in [6, 6.07) is 1.99. The van der Waals surface area contributed by atoms with Crippen molar-refractivity contribution < 1.29 is 0 Å². The topological polar surface area (TPSA) is 25.8 Å². The molecule has 0 aliphatic heterocycles. The molecule has 0 radical (unpaired) electrons. The molecule has 1 rings (SSSR count). The van der Waals surface area contributed by atoms with Crippen molar-refractivity contribution in [1.82, 2.24) is 9.97 Å². The maximum absolute atomic E-state index is 4.57. The smallest absolute Gasteiger partial charge is 0.152 e. The summed E-state index contributed by atoms with van der Waals surface area (Å²) in [6.45, 7) is 13.2. The van der Waals surface area contributed by atoms with Crippen LogP contribution in [0.4, 0.5) is 0 Å². The molecule has 18 heavy (non-hydrogen) atoms. The zero-order valence-electron chi connectivity index (χ0n) is 12.3. The van der Waals surface area contributed by atoms with Crippen LogP contribution in [0.15, 0.2) is 17.7 Å². The first-order chi connectivity index (χ1) is 8.18. The Hall–Kier alpha value is -0.830. The van der Waals surface area contributed by atoms with Crippen LogP contribution in [0, 0.1) is 5.41 Å². The van der Waals surface area contributed by atoms with Crippen LogP contribution in [0.1, 0.15) is 53.1 Å². The number of rotatable bonds is 3. The fourth-order valence-electron chi connectivity index (χ4n) is 1.28. The van der Waals surface area contributed by atoms with Crippen molar-refractivity contribution in [3.8, 4) is 0 Å². The summed E-state index contributed by atoms with van der Waals surface area (Å²) in [4.78, 5) is 8.84. The average molecular weight is 264 g/mol. The monoisotopic (exact) mass is 264 g/mol. The van der Waals surface area contributed by atoms with Gasteiger partial charge in [0.15, 0.2) is 5.82 Å². The molecule has 1 aromatic rings. The lowest BCUT2D eigenvalue weighted by Gasteiger charge is -2.17. The molecule has 0 spiro atoms. The summed E-state index contributed by atoms with van der Waals surface area (Å²) < 4.78 is 0. The van der Waals surface area contributed by atoms with Gasteiger partial charge in [0.05, 0.1) is 0 Å². The molecular weight excluding hydrogens is 240 g/mol. The summed E-state index contributed by atoms with van der Waals surface area (Å²) in [5.41, 5.74) is 1.51. The Labute approximate surface area is 115 Å². The standard InChI is InChI=1S/C15H24N2S/c1-14(2,3)11-18-10-8-13-16-9-7-12(17-13)15(4,5)6/h7-10H,11H2,1-6H3/b10-8+. The fraction of sp³-hybridized carbons (Fsp3) is 0.600. The molecular formula is C15H24N2S. The maximum atomic E-state index is 4.57. The van der Waals surface area contributed by atoms with Crippen LogP contribution in [0.2, 0.25) is 0 Å². The second-order valence-corrected chi connectivity index (χ2v) is 7.62. The Morgan fingerprint density at radius 3 is 2.39 bits per heavy atom. The predicted molar refractivity (Wildman–Crippen MR) is 81.7 cm³/mol. The molecule has 0 N–H and O–H groups in total. The number of hydrogen-bond donors (Lipinski definition) is 0. The molecule has 0 saturated carbocycles. The van der Waals surface area contributed by atoms with Crippen LogP contribution in [0.3, 0.4) is 0 Å².